The minimum Gasteiger partial charge on any atom is -0.463 e. The molecule has 2 aromatic carbocycles. The van der Waals surface area contributed by atoms with Crippen LogP contribution in [0.15, 0.2) is 48.8 Å². The Labute approximate surface area is 269 Å². The predicted octanol–water partition coefficient (Wildman–Crippen LogP) is 5.43. The Morgan fingerprint density at radius 2 is 1.96 bits per heavy atom. The number of hydrogen-bond donors (Lipinski definition) is 0. The van der Waals surface area contributed by atoms with Gasteiger partial charge in [0, 0.05) is 60.8 Å². The van der Waals surface area contributed by atoms with Crippen LogP contribution in [0.3, 0.4) is 0 Å². The van der Waals surface area contributed by atoms with E-state index < -0.39 is 5.83 Å². The summed E-state index contributed by atoms with van der Waals surface area (Å²) >= 11 is 6.71. The molecule has 1 aromatic heterocycles. The fourth-order valence-electron chi connectivity index (χ4n) is 6.90. The zero-order valence-corrected chi connectivity index (χ0v) is 26.8. The molecule has 0 N–H and O–H groups in total. The van der Waals surface area contributed by atoms with Crippen LogP contribution in [0.2, 0.25) is 5.02 Å². The molecule has 1 saturated carbocycles. The van der Waals surface area contributed by atoms with Crippen LogP contribution in [0, 0.1) is 17.2 Å². The van der Waals surface area contributed by atoms with E-state index in [1.807, 2.05) is 12.1 Å². The van der Waals surface area contributed by atoms with Crippen LogP contribution < -0.4 is 14.5 Å². The highest BCUT2D eigenvalue weighted by Crippen LogP contribution is 2.38. The van der Waals surface area contributed by atoms with E-state index in [9.17, 15) is 9.65 Å². The second-order valence-corrected chi connectivity index (χ2v) is 12.9. The Hall–Kier alpha value is -3.49. The summed E-state index contributed by atoms with van der Waals surface area (Å²) in [4.78, 5) is 19.0. The molecule has 1 saturated heterocycles. The molecule has 238 valence electrons. The van der Waals surface area contributed by atoms with Gasteiger partial charge in [-0.1, -0.05) is 42.4 Å². The first-order valence-corrected chi connectivity index (χ1v) is 16.1. The topological polar surface area (TPSA) is 81.0 Å². The SMILES string of the molecule is C=C(F)COCN1CCN(c2nc(OC[C@H]3CC[C@H]3N(C)C)nc3c2CCN(c2cccc4cccc(Cl)c24)C3)C[C@@H]1CC#N. The maximum atomic E-state index is 13.2. The summed E-state index contributed by atoms with van der Waals surface area (Å²) in [6.07, 6.45) is 3.40. The molecule has 3 heterocycles. The third kappa shape index (κ3) is 6.87. The lowest BCUT2D eigenvalue weighted by Crippen LogP contribution is -2.54. The van der Waals surface area contributed by atoms with Crippen molar-refractivity contribution in [2.75, 3.05) is 70.0 Å². The van der Waals surface area contributed by atoms with Crippen molar-refractivity contribution in [3.05, 3.63) is 65.1 Å². The van der Waals surface area contributed by atoms with Crippen LogP contribution in [0.1, 0.15) is 30.5 Å². The van der Waals surface area contributed by atoms with E-state index in [1.54, 1.807) is 0 Å². The van der Waals surface area contributed by atoms with Crippen molar-refractivity contribution in [1.82, 2.24) is 19.8 Å². The van der Waals surface area contributed by atoms with Crippen LogP contribution in [0.25, 0.3) is 10.8 Å². The maximum absolute atomic E-state index is 13.2. The lowest BCUT2D eigenvalue weighted by Gasteiger charge is -2.42. The van der Waals surface area contributed by atoms with Gasteiger partial charge >= 0.3 is 6.01 Å². The third-order valence-corrected chi connectivity index (χ3v) is 9.72. The number of aromatic nitrogens is 2. The number of hydrogen-bond acceptors (Lipinski definition) is 9. The standard InChI is InChI=1S/C34H41ClFN7O2/c1-23(36)20-44-22-43-17-16-42(18-26(43)12-14-37)33-27-13-15-41(31-9-5-7-24-6-4-8-28(35)32(24)31)19-29(27)38-34(39-33)45-21-25-10-11-30(25)40(2)3/h4-9,25-26,30H,1,10-13,15-22H2,2-3H3/t25-,26+,30-/m1/s1. The molecule has 3 atom stereocenters. The Bertz CT molecular complexity index is 1570. The lowest BCUT2D eigenvalue weighted by atomic mass is 9.79. The number of anilines is 2. The molecule has 45 heavy (non-hydrogen) atoms. The van der Waals surface area contributed by atoms with Crippen molar-refractivity contribution in [2.45, 2.75) is 44.3 Å². The summed E-state index contributed by atoms with van der Waals surface area (Å²) in [7, 11) is 4.24. The molecule has 2 aliphatic heterocycles. The van der Waals surface area contributed by atoms with Gasteiger partial charge in [-0.15, -0.1) is 0 Å². The van der Waals surface area contributed by atoms with Gasteiger partial charge in [-0.05, 0) is 50.9 Å². The zero-order valence-electron chi connectivity index (χ0n) is 26.1. The van der Waals surface area contributed by atoms with Crippen molar-refractivity contribution >= 4 is 33.9 Å². The van der Waals surface area contributed by atoms with Gasteiger partial charge in [-0.3, -0.25) is 4.90 Å². The number of fused-ring (bicyclic) bond motifs is 2. The second kappa shape index (κ2) is 13.9. The molecule has 0 amide bonds. The first-order chi connectivity index (χ1) is 21.8. The molecule has 1 aliphatic carbocycles. The monoisotopic (exact) mass is 633 g/mol. The number of halogens is 2. The summed E-state index contributed by atoms with van der Waals surface area (Å²) in [5.74, 6) is 0.814. The van der Waals surface area contributed by atoms with Crippen LogP contribution in [0.5, 0.6) is 6.01 Å². The first-order valence-electron chi connectivity index (χ1n) is 15.7. The number of piperazine rings is 1. The summed E-state index contributed by atoms with van der Waals surface area (Å²) in [6.45, 7) is 7.31. The predicted molar refractivity (Wildman–Crippen MR) is 175 cm³/mol. The van der Waals surface area contributed by atoms with Crippen LogP contribution in [0.4, 0.5) is 15.9 Å². The van der Waals surface area contributed by atoms with E-state index in [2.05, 4.69) is 70.6 Å². The molecule has 0 spiro atoms. The highest BCUT2D eigenvalue weighted by Gasteiger charge is 2.35. The van der Waals surface area contributed by atoms with E-state index in [0.29, 0.717) is 57.2 Å². The van der Waals surface area contributed by atoms with Crippen LogP contribution >= 0.6 is 11.6 Å². The minimum absolute atomic E-state index is 0.0830. The molecular weight excluding hydrogens is 593 g/mol. The summed E-state index contributed by atoms with van der Waals surface area (Å²) in [5, 5.41) is 12.5. The lowest BCUT2D eigenvalue weighted by molar-refractivity contribution is 0.00582. The van der Waals surface area contributed by atoms with Gasteiger partial charge in [0.2, 0.25) is 0 Å². The van der Waals surface area contributed by atoms with Crippen molar-refractivity contribution < 1.29 is 13.9 Å². The molecule has 2 fully saturated rings. The molecule has 0 unspecified atom stereocenters. The van der Waals surface area contributed by atoms with E-state index in [1.165, 1.54) is 6.42 Å². The summed E-state index contributed by atoms with van der Waals surface area (Å²) < 4.78 is 25.0. The number of nitriles is 1. The normalized spacial score (nSPS) is 21.8. The average molecular weight is 634 g/mol. The smallest absolute Gasteiger partial charge is 0.318 e. The number of rotatable bonds is 11. The van der Waals surface area contributed by atoms with Crippen molar-refractivity contribution in [3.63, 3.8) is 0 Å². The van der Waals surface area contributed by atoms with E-state index in [4.69, 9.17) is 31.0 Å². The average Bonchev–Trinajstić information content (AvgIpc) is 3.00. The molecule has 3 aromatic rings. The van der Waals surface area contributed by atoms with Crippen molar-refractivity contribution in [1.29, 1.82) is 5.26 Å². The zero-order chi connectivity index (χ0) is 31.5. The Kier molecular flexibility index (Phi) is 9.71. The number of ether oxygens (including phenoxy) is 2. The quantitative estimate of drug-likeness (QED) is 0.275. The molecule has 6 rings (SSSR count). The first kappa shape index (κ1) is 31.5. The van der Waals surface area contributed by atoms with Crippen molar-refractivity contribution in [2.24, 2.45) is 5.92 Å². The van der Waals surface area contributed by atoms with E-state index in [0.717, 1.165) is 57.9 Å². The van der Waals surface area contributed by atoms with Gasteiger partial charge in [0.1, 0.15) is 11.6 Å². The number of nitrogens with zero attached hydrogens (tertiary/aromatic N) is 7. The summed E-state index contributed by atoms with van der Waals surface area (Å²) in [6, 6.07) is 15.4. The van der Waals surface area contributed by atoms with Crippen molar-refractivity contribution in [3.8, 4) is 12.1 Å². The van der Waals surface area contributed by atoms with Crippen LogP contribution in [-0.2, 0) is 17.7 Å². The maximum Gasteiger partial charge on any atom is 0.318 e. The van der Waals surface area contributed by atoms with Gasteiger partial charge in [-0.25, -0.2) is 4.39 Å². The van der Waals surface area contributed by atoms with Gasteiger partial charge in [0.15, 0.2) is 0 Å². The van der Waals surface area contributed by atoms with E-state index >= 15 is 0 Å². The molecule has 0 radical (unpaired) electrons. The van der Waals surface area contributed by atoms with Gasteiger partial charge in [-0.2, -0.15) is 15.2 Å². The van der Waals surface area contributed by atoms with Crippen LogP contribution in [-0.4, -0.2) is 92.1 Å². The Morgan fingerprint density at radius 1 is 1.13 bits per heavy atom. The molecule has 0 bridgehead atoms. The summed E-state index contributed by atoms with van der Waals surface area (Å²) in [5.41, 5.74) is 3.16. The largest absolute Gasteiger partial charge is 0.463 e. The Morgan fingerprint density at radius 3 is 2.69 bits per heavy atom. The highest BCUT2D eigenvalue weighted by molar-refractivity contribution is 6.36. The second-order valence-electron chi connectivity index (χ2n) is 12.5. The fourth-order valence-corrected chi connectivity index (χ4v) is 7.17. The highest BCUT2D eigenvalue weighted by atomic mass is 35.5. The third-order valence-electron chi connectivity index (χ3n) is 9.41. The fraction of sp³-hybridized carbons (Fsp3) is 0.500. The van der Waals surface area contributed by atoms with Gasteiger partial charge < -0.3 is 24.2 Å². The number of benzene rings is 2. The molecular formula is C34H41ClFN7O2. The molecule has 11 heteroatoms. The van der Waals surface area contributed by atoms with E-state index in [-0.39, 0.29) is 19.4 Å². The molecule has 9 nitrogen and oxygen atoms in total. The minimum atomic E-state index is -0.510. The Balaban J connectivity index is 1.29. The molecule has 3 aliphatic rings. The van der Waals surface area contributed by atoms with Gasteiger partial charge in [0.25, 0.3) is 0 Å². The van der Waals surface area contributed by atoms with Gasteiger partial charge in [0.05, 0.1) is 49.7 Å².